The van der Waals surface area contributed by atoms with Crippen LogP contribution in [0.4, 0.5) is 5.69 Å². The van der Waals surface area contributed by atoms with Gasteiger partial charge in [-0.3, -0.25) is 9.10 Å². The van der Waals surface area contributed by atoms with E-state index in [1.165, 1.54) is 23.3 Å². The Morgan fingerprint density at radius 2 is 1.47 bits per heavy atom. The number of nitrogens with zero attached hydrogens (tertiary/aromatic N) is 1. The highest BCUT2D eigenvalue weighted by atomic mass is 32.2. The topological polar surface area (TPSA) is 75.7 Å². The fraction of sp³-hybridized carbons (Fsp3) is 0.194. The number of nitrogens with one attached hydrogen (secondary N) is 1. The van der Waals surface area contributed by atoms with E-state index in [9.17, 15) is 13.2 Å². The number of anilines is 1. The summed E-state index contributed by atoms with van der Waals surface area (Å²) < 4.78 is 34.3. The van der Waals surface area contributed by atoms with Crippen molar-refractivity contribution in [2.45, 2.75) is 37.1 Å². The van der Waals surface area contributed by atoms with Gasteiger partial charge >= 0.3 is 0 Å². The molecule has 1 aliphatic rings. The maximum absolute atomic E-state index is 13.6. The number of fused-ring (bicyclic) bond motifs is 1. The third kappa shape index (κ3) is 5.73. The van der Waals surface area contributed by atoms with Gasteiger partial charge in [0.2, 0.25) is 5.91 Å². The molecule has 1 N–H and O–H groups in total. The molecule has 0 unspecified atom stereocenters. The van der Waals surface area contributed by atoms with Gasteiger partial charge in [0.05, 0.1) is 16.6 Å². The Balaban J connectivity index is 1.37. The summed E-state index contributed by atoms with van der Waals surface area (Å²) in [5.74, 6) is 0.850. The second-order valence-electron chi connectivity index (χ2n) is 9.40. The summed E-state index contributed by atoms with van der Waals surface area (Å²) in [6.45, 7) is 1.56. The van der Waals surface area contributed by atoms with Crippen molar-refractivity contribution in [2.75, 3.05) is 10.8 Å². The van der Waals surface area contributed by atoms with Crippen molar-refractivity contribution in [3.8, 4) is 11.5 Å². The van der Waals surface area contributed by atoms with E-state index in [1.54, 1.807) is 42.5 Å². The van der Waals surface area contributed by atoms with E-state index in [0.717, 1.165) is 29.1 Å². The SMILES string of the molecule is C[C@H](NC(=O)CN(c1ccc(Oc2ccccc2)cc1)S(=O)(=O)c1ccccc1)c1ccc2c(c1)CCC2. The van der Waals surface area contributed by atoms with Crippen molar-refractivity contribution in [3.05, 3.63) is 120 Å². The number of amides is 1. The Bertz CT molecular complexity index is 1510. The van der Waals surface area contributed by atoms with E-state index in [0.29, 0.717) is 17.2 Å². The quantitative estimate of drug-likeness (QED) is 0.289. The first-order valence-electron chi connectivity index (χ1n) is 12.7. The number of para-hydroxylation sites is 1. The van der Waals surface area contributed by atoms with Gasteiger partial charge in [0.1, 0.15) is 18.0 Å². The van der Waals surface area contributed by atoms with E-state index in [2.05, 4.69) is 17.4 Å². The Kier molecular flexibility index (Phi) is 7.47. The number of hydrogen-bond acceptors (Lipinski definition) is 4. The Morgan fingerprint density at radius 3 is 2.18 bits per heavy atom. The fourth-order valence-corrected chi connectivity index (χ4v) is 6.14. The van der Waals surface area contributed by atoms with Crippen molar-refractivity contribution < 1.29 is 17.9 Å². The van der Waals surface area contributed by atoms with E-state index >= 15 is 0 Å². The number of rotatable bonds is 9. The monoisotopic (exact) mass is 526 g/mol. The zero-order chi connectivity index (χ0) is 26.5. The summed E-state index contributed by atoms with van der Waals surface area (Å²) in [4.78, 5) is 13.3. The average molecular weight is 527 g/mol. The first-order chi connectivity index (χ1) is 18.4. The minimum Gasteiger partial charge on any atom is -0.457 e. The Morgan fingerprint density at radius 1 is 0.842 bits per heavy atom. The molecular weight excluding hydrogens is 496 g/mol. The molecule has 1 amide bonds. The van der Waals surface area contributed by atoms with Gasteiger partial charge in [0.25, 0.3) is 10.0 Å². The van der Waals surface area contributed by atoms with Crippen LogP contribution < -0.4 is 14.4 Å². The van der Waals surface area contributed by atoms with Crippen LogP contribution in [0, 0.1) is 0 Å². The van der Waals surface area contributed by atoms with Crippen LogP contribution in [-0.2, 0) is 27.7 Å². The van der Waals surface area contributed by atoms with Crippen molar-refractivity contribution in [1.29, 1.82) is 0 Å². The van der Waals surface area contributed by atoms with E-state index in [-0.39, 0.29) is 23.4 Å². The standard InChI is InChI=1S/C31H30N2O4S/c1-23(25-16-15-24-9-8-10-26(24)21-25)32-31(34)22-33(38(35,36)30-13-6-3-7-14-30)27-17-19-29(20-18-27)37-28-11-4-2-5-12-28/h2-7,11-21,23H,8-10,22H2,1H3,(H,32,34)/t23-/m0/s1. The van der Waals surface area contributed by atoms with Crippen molar-refractivity contribution in [2.24, 2.45) is 0 Å². The molecule has 0 aliphatic heterocycles. The van der Waals surface area contributed by atoms with Gasteiger partial charge in [-0.2, -0.15) is 0 Å². The second-order valence-corrected chi connectivity index (χ2v) is 11.3. The van der Waals surface area contributed by atoms with Crippen molar-refractivity contribution >= 4 is 21.6 Å². The fourth-order valence-electron chi connectivity index (χ4n) is 4.70. The van der Waals surface area contributed by atoms with Crippen LogP contribution in [0.15, 0.2) is 108 Å². The molecule has 5 rings (SSSR count). The number of ether oxygens (including phenoxy) is 1. The van der Waals surface area contributed by atoms with E-state index < -0.39 is 10.0 Å². The molecule has 0 fully saturated rings. The third-order valence-electron chi connectivity index (χ3n) is 6.72. The Hall–Kier alpha value is -4.10. The summed E-state index contributed by atoms with van der Waals surface area (Å²) in [6, 6.07) is 30.2. The zero-order valence-electron chi connectivity index (χ0n) is 21.2. The van der Waals surface area contributed by atoms with E-state index in [1.807, 2.05) is 43.3 Å². The number of benzene rings is 4. The highest BCUT2D eigenvalue weighted by Crippen LogP contribution is 2.29. The molecule has 0 heterocycles. The number of aryl methyl sites for hydroxylation is 2. The first kappa shape index (κ1) is 25.5. The van der Waals surface area contributed by atoms with Crippen LogP contribution >= 0.6 is 0 Å². The average Bonchev–Trinajstić information content (AvgIpc) is 3.41. The summed E-state index contributed by atoms with van der Waals surface area (Å²) in [7, 11) is -4.00. The molecule has 4 aromatic rings. The van der Waals surface area contributed by atoms with Crippen molar-refractivity contribution in [1.82, 2.24) is 5.32 Å². The molecule has 194 valence electrons. The van der Waals surface area contributed by atoms with Gasteiger partial charge in [0.15, 0.2) is 0 Å². The molecule has 1 aliphatic carbocycles. The summed E-state index contributed by atoms with van der Waals surface area (Å²) in [5.41, 5.74) is 4.08. The molecule has 38 heavy (non-hydrogen) atoms. The van der Waals surface area contributed by atoms with Gasteiger partial charge in [-0.15, -0.1) is 0 Å². The molecule has 6 nitrogen and oxygen atoms in total. The molecule has 1 atom stereocenters. The number of carbonyl (C=O) groups excluding carboxylic acids is 1. The smallest absolute Gasteiger partial charge is 0.264 e. The Labute approximate surface area is 223 Å². The van der Waals surface area contributed by atoms with Crippen LogP contribution in [0.5, 0.6) is 11.5 Å². The van der Waals surface area contributed by atoms with Crippen LogP contribution in [0.1, 0.15) is 36.1 Å². The van der Waals surface area contributed by atoms with Gasteiger partial charge in [-0.25, -0.2) is 8.42 Å². The molecule has 4 aromatic carbocycles. The lowest BCUT2D eigenvalue weighted by atomic mass is 10.0. The molecule has 0 radical (unpaired) electrons. The molecular formula is C31H30N2O4S. The molecule has 0 aromatic heterocycles. The summed E-state index contributed by atoms with van der Waals surface area (Å²) in [5, 5.41) is 2.99. The highest BCUT2D eigenvalue weighted by molar-refractivity contribution is 7.92. The van der Waals surface area contributed by atoms with Gasteiger partial charge in [-0.1, -0.05) is 54.6 Å². The predicted octanol–water partition coefficient (Wildman–Crippen LogP) is 6.04. The number of hydrogen-bond donors (Lipinski definition) is 1. The molecule has 7 heteroatoms. The summed E-state index contributed by atoms with van der Waals surface area (Å²) >= 11 is 0. The largest absolute Gasteiger partial charge is 0.457 e. The number of carbonyl (C=O) groups is 1. The molecule has 0 spiro atoms. The maximum atomic E-state index is 13.6. The lowest BCUT2D eigenvalue weighted by molar-refractivity contribution is -0.120. The summed E-state index contributed by atoms with van der Waals surface area (Å²) in [6.07, 6.45) is 3.30. The van der Waals surface area contributed by atoms with Crippen LogP contribution in [-0.4, -0.2) is 20.9 Å². The van der Waals surface area contributed by atoms with Gasteiger partial charge < -0.3 is 10.1 Å². The van der Waals surface area contributed by atoms with Crippen LogP contribution in [0.3, 0.4) is 0 Å². The second kappa shape index (κ2) is 11.1. The van der Waals surface area contributed by atoms with Crippen LogP contribution in [0.2, 0.25) is 0 Å². The zero-order valence-corrected chi connectivity index (χ0v) is 22.0. The van der Waals surface area contributed by atoms with E-state index in [4.69, 9.17) is 4.74 Å². The molecule has 0 saturated heterocycles. The molecule has 0 bridgehead atoms. The number of sulfonamides is 1. The predicted molar refractivity (Wildman–Crippen MR) is 149 cm³/mol. The van der Waals surface area contributed by atoms with Gasteiger partial charge in [-0.05, 0) is 91.4 Å². The minimum absolute atomic E-state index is 0.115. The lowest BCUT2D eigenvalue weighted by Gasteiger charge is -2.25. The van der Waals surface area contributed by atoms with Crippen molar-refractivity contribution in [3.63, 3.8) is 0 Å². The minimum atomic E-state index is -4.00. The highest BCUT2D eigenvalue weighted by Gasteiger charge is 2.28. The normalized spacial score (nSPS) is 13.4. The first-order valence-corrected chi connectivity index (χ1v) is 14.2. The van der Waals surface area contributed by atoms with Gasteiger partial charge in [0, 0.05) is 0 Å². The lowest BCUT2D eigenvalue weighted by Crippen LogP contribution is -2.41. The maximum Gasteiger partial charge on any atom is 0.264 e. The molecule has 0 saturated carbocycles. The third-order valence-corrected chi connectivity index (χ3v) is 8.51. The van der Waals surface area contributed by atoms with Crippen LogP contribution in [0.25, 0.3) is 0 Å².